The first kappa shape index (κ1) is 23.0. The van der Waals surface area contributed by atoms with Gasteiger partial charge >= 0.3 is 5.69 Å². The molecule has 11 heteroatoms. The number of ether oxygens (including phenoxy) is 4. The SMILES string of the molecule is CCCC(Oc1ccc2c(c1)CCn1c-2cc(OCC2COc3ccccc3O2)nc1=O)c1nnn[nH]1. The van der Waals surface area contributed by atoms with Crippen LogP contribution in [0.25, 0.3) is 11.3 Å². The Balaban J connectivity index is 1.20. The maximum atomic E-state index is 12.8. The average molecular weight is 503 g/mol. The molecule has 0 saturated carbocycles. The Morgan fingerprint density at radius 1 is 1.19 bits per heavy atom. The molecule has 6 rings (SSSR count). The van der Waals surface area contributed by atoms with E-state index in [1.54, 1.807) is 10.6 Å². The van der Waals surface area contributed by atoms with Crippen molar-refractivity contribution in [3.63, 3.8) is 0 Å². The number of benzene rings is 2. The number of tetrazole rings is 1. The molecular formula is C26H26N6O5. The van der Waals surface area contributed by atoms with Crippen LogP contribution in [-0.2, 0) is 13.0 Å². The lowest BCUT2D eigenvalue weighted by Crippen LogP contribution is -2.35. The molecule has 0 saturated heterocycles. The molecule has 2 aromatic heterocycles. The number of aromatic nitrogens is 6. The highest BCUT2D eigenvalue weighted by molar-refractivity contribution is 5.67. The van der Waals surface area contributed by atoms with Crippen LogP contribution in [-0.4, -0.2) is 49.5 Å². The summed E-state index contributed by atoms with van der Waals surface area (Å²) in [5.41, 5.74) is 2.45. The number of rotatable bonds is 8. The Kier molecular flexibility index (Phi) is 6.17. The number of aromatic amines is 1. The van der Waals surface area contributed by atoms with Crippen LogP contribution >= 0.6 is 0 Å². The fraction of sp³-hybridized carbons (Fsp3) is 0.346. The third-order valence-corrected chi connectivity index (χ3v) is 6.43. The number of nitrogens with one attached hydrogen (secondary N) is 1. The molecule has 2 aliphatic heterocycles. The number of fused-ring (bicyclic) bond motifs is 4. The standard InChI is InChI=1S/C26H26N6O5/c1-2-5-23(25-28-30-31-29-25)36-17-8-9-19-16(12-17)10-11-32-20(19)13-24(27-26(32)33)35-15-18-14-34-21-6-3-4-7-22(21)37-18/h3-4,6-9,12-13,18,23H,2,5,10-11,14-15H2,1H3,(H,28,29,30,31). The van der Waals surface area contributed by atoms with Gasteiger partial charge in [0.2, 0.25) is 5.88 Å². The molecule has 0 radical (unpaired) electrons. The van der Waals surface area contributed by atoms with Crippen LogP contribution in [0, 0.1) is 0 Å². The van der Waals surface area contributed by atoms with E-state index < -0.39 is 0 Å². The number of para-hydroxylation sites is 2. The zero-order valence-corrected chi connectivity index (χ0v) is 20.3. The first-order valence-electron chi connectivity index (χ1n) is 12.3. The minimum absolute atomic E-state index is 0.208. The van der Waals surface area contributed by atoms with E-state index in [0.29, 0.717) is 36.9 Å². The van der Waals surface area contributed by atoms with E-state index in [4.69, 9.17) is 18.9 Å². The summed E-state index contributed by atoms with van der Waals surface area (Å²) in [4.78, 5) is 16.9. The molecule has 2 unspecified atom stereocenters. The molecule has 4 aromatic rings. The molecule has 4 heterocycles. The van der Waals surface area contributed by atoms with Gasteiger partial charge in [-0.15, -0.1) is 5.10 Å². The predicted octanol–water partition coefficient (Wildman–Crippen LogP) is 3.12. The van der Waals surface area contributed by atoms with Crippen molar-refractivity contribution in [3.8, 4) is 34.4 Å². The maximum absolute atomic E-state index is 12.8. The summed E-state index contributed by atoms with van der Waals surface area (Å²) in [6.07, 6.45) is 1.82. The van der Waals surface area contributed by atoms with Gasteiger partial charge in [-0.2, -0.15) is 4.98 Å². The highest BCUT2D eigenvalue weighted by Crippen LogP contribution is 2.34. The van der Waals surface area contributed by atoms with Crippen LogP contribution in [0.2, 0.25) is 0 Å². The first-order valence-corrected chi connectivity index (χ1v) is 12.3. The molecule has 2 atom stereocenters. The number of nitrogens with zero attached hydrogens (tertiary/aromatic N) is 5. The minimum Gasteiger partial charge on any atom is -0.486 e. The second kappa shape index (κ2) is 9.92. The predicted molar refractivity (Wildman–Crippen MR) is 132 cm³/mol. The van der Waals surface area contributed by atoms with Gasteiger partial charge in [0.1, 0.15) is 19.0 Å². The van der Waals surface area contributed by atoms with E-state index in [-0.39, 0.29) is 30.4 Å². The van der Waals surface area contributed by atoms with Crippen molar-refractivity contribution in [1.29, 1.82) is 0 Å². The average Bonchev–Trinajstić information content (AvgIpc) is 3.46. The van der Waals surface area contributed by atoms with Crippen LogP contribution in [0.3, 0.4) is 0 Å². The van der Waals surface area contributed by atoms with E-state index in [1.807, 2.05) is 42.5 Å². The molecule has 190 valence electrons. The van der Waals surface area contributed by atoms with E-state index in [9.17, 15) is 4.79 Å². The minimum atomic E-state index is -0.342. The van der Waals surface area contributed by atoms with Gasteiger partial charge in [-0.1, -0.05) is 25.5 Å². The van der Waals surface area contributed by atoms with Gasteiger partial charge in [-0.3, -0.25) is 4.57 Å². The summed E-state index contributed by atoms with van der Waals surface area (Å²) in [7, 11) is 0. The van der Waals surface area contributed by atoms with Gasteiger partial charge in [-0.25, -0.2) is 9.89 Å². The zero-order valence-electron chi connectivity index (χ0n) is 20.3. The Morgan fingerprint density at radius 2 is 2.08 bits per heavy atom. The largest absolute Gasteiger partial charge is 0.486 e. The van der Waals surface area contributed by atoms with Crippen molar-refractivity contribution in [3.05, 3.63) is 70.4 Å². The van der Waals surface area contributed by atoms with Gasteiger partial charge in [-0.05, 0) is 59.2 Å². The van der Waals surface area contributed by atoms with Crippen molar-refractivity contribution in [2.75, 3.05) is 13.2 Å². The molecule has 0 fully saturated rings. The highest BCUT2D eigenvalue weighted by Gasteiger charge is 2.24. The second-order valence-electron chi connectivity index (χ2n) is 8.97. The molecule has 0 spiro atoms. The summed E-state index contributed by atoms with van der Waals surface area (Å²) in [5, 5.41) is 14.1. The zero-order chi connectivity index (χ0) is 25.2. The van der Waals surface area contributed by atoms with Gasteiger partial charge < -0.3 is 18.9 Å². The van der Waals surface area contributed by atoms with E-state index in [2.05, 4.69) is 32.5 Å². The van der Waals surface area contributed by atoms with E-state index in [0.717, 1.165) is 35.4 Å². The molecular weight excluding hydrogens is 476 g/mol. The van der Waals surface area contributed by atoms with Gasteiger partial charge in [0.05, 0.1) is 5.69 Å². The van der Waals surface area contributed by atoms with Gasteiger partial charge in [0.15, 0.2) is 29.5 Å². The Morgan fingerprint density at radius 3 is 2.92 bits per heavy atom. The summed E-state index contributed by atoms with van der Waals surface area (Å²) in [6, 6.07) is 15.2. The van der Waals surface area contributed by atoms with Crippen LogP contribution in [0.4, 0.5) is 0 Å². The number of hydrogen-bond donors (Lipinski definition) is 1. The molecule has 2 aromatic carbocycles. The van der Waals surface area contributed by atoms with Crippen molar-refractivity contribution < 1.29 is 18.9 Å². The summed E-state index contributed by atoms with van der Waals surface area (Å²) >= 11 is 0. The van der Waals surface area contributed by atoms with Crippen LogP contribution in [0.15, 0.2) is 53.3 Å². The quantitative estimate of drug-likeness (QED) is 0.387. The summed E-state index contributed by atoms with van der Waals surface area (Å²) in [6.45, 7) is 3.18. The molecule has 11 nitrogen and oxygen atoms in total. The van der Waals surface area contributed by atoms with Gasteiger partial charge in [0, 0.05) is 18.2 Å². The third-order valence-electron chi connectivity index (χ3n) is 6.43. The van der Waals surface area contributed by atoms with Crippen molar-refractivity contribution in [1.82, 2.24) is 30.2 Å². The van der Waals surface area contributed by atoms with Crippen molar-refractivity contribution in [2.45, 2.75) is 44.9 Å². The molecule has 0 bridgehead atoms. The fourth-order valence-electron chi connectivity index (χ4n) is 4.63. The lowest BCUT2D eigenvalue weighted by atomic mass is 9.97. The smallest absolute Gasteiger partial charge is 0.351 e. The van der Waals surface area contributed by atoms with Crippen LogP contribution < -0.4 is 24.6 Å². The fourth-order valence-corrected chi connectivity index (χ4v) is 4.63. The summed E-state index contributed by atoms with van der Waals surface area (Å²) in [5.74, 6) is 2.97. The van der Waals surface area contributed by atoms with Crippen LogP contribution in [0.1, 0.15) is 37.3 Å². The molecule has 2 aliphatic rings. The lowest BCUT2D eigenvalue weighted by molar-refractivity contribution is 0.0520. The number of aryl methyl sites for hydroxylation is 1. The Labute approximate surface area is 212 Å². The van der Waals surface area contributed by atoms with Crippen LogP contribution in [0.5, 0.6) is 23.1 Å². The third kappa shape index (κ3) is 4.72. The lowest BCUT2D eigenvalue weighted by Gasteiger charge is -2.26. The molecule has 0 aliphatic carbocycles. The molecule has 1 N–H and O–H groups in total. The monoisotopic (exact) mass is 502 g/mol. The van der Waals surface area contributed by atoms with Crippen molar-refractivity contribution >= 4 is 0 Å². The topological polar surface area (TPSA) is 126 Å². The number of hydrogen-bond acceptors (Lipinski definition) is 9. The Hall–Kier alpha value is -4.41. The van der Waals surface area contributed by atoms with E-state index >= 15 is 0 Å². The molecule has 0 amide bonds. The summed E-state index contributed by atoms with van der Waals surface area (Å²) < 4.78 is 25.5. The Bertz CT molecular complexity index is 1450. The first-order chi connectivity index (χ1) is 18.2. The van der Waals surface area contributed by atoms with E-state index in [1.165, 1.54) is 0 Å². The van der Waals surface area contributed by atoms with Gasteiger partial charge in [0.25, 0.3) is 0 Å². The number of H-pyrrole nitrogens is 1. The normalized spacial score (nSPS) is 16.4. The molecule has 37 heavy (non-hydrogen) atoms. The second-order valence-corrected chi connectivity index (χ2v) is 8.97. The van der Waals surface area contributed by atoms with Crippen molar-refractivity contribution in [2.24, 2.45) is 0 Å². The maximum Gasteiger partial charge on any atom is 0.351 e. The highest BCUT2D eigenvalue weighted by atomic mass is 16.6.